The normalized spacial score (nSPS) is 10.4. The Hall–Kier alpha value is -1.37. The summed E-state index contributed by atoms with van der Waals surface area (Å²) >= 11 is 0. The molecule has 0 bridgehead atoms. The first-order valence-electron chi connectivity index (χ1n) is 4.02. The van der Waals surface area contributed by atoms with E-state index >= 15 is 0 Å². The standard InChI is InChI=1S/C8H12O6S/c1-5(15(11)12)6(9)13-14-7(10)8(2,3)4/h1-4H3. The van der Waals surface area contributed by atoms with Gasteiger partial charge in [0.05, 0.1) is 5.41 Å². The fourth-order valence-electron chi connectivity index (χ4n) is 0.327. The second kappa shape index (κ2) is 4.92. The molecule has 0 unspecified atom stereocenters. The lowest BCUT2D eigenvalue weighted by molar-refractivity contribution is -0.259. The molecule has 0 aromatic carbocycles. The smallest absolute Gasteiger partial charge is 0.247 e. The van der Waals surface area contributed by atoms with Crippen LogP contribution in [0.4, 0.5) is 0 Å². The number of hydrogen-bond donors (Lipinski definition) is 0. The van der Waals surface area contributed by atoms with Gasteiger partial charge in [-0.3, -0.25) is 0 Å². The molecule has 0 saturated heterocycles. The zero-order valence-corrected chi connectivity index (χ0v) is 9.67. The van der Waals surface area contributed by atoms with Crippen molar-refractivity contribution in [1.29, 1.82) is 0 Å². The highest BCUT2D eigenvalue weighted by Crippen LogP contribution is 2.15. The van der Waals surface area contributed by atoms with E-state index in [-0.39, 0.29) is 0 Å². The summed E-state index contributed by atoms with van der Waals surface area (Å²) in [6, 6.07) is 0. The Bertz CT molecular complexity index is 389. The van der Waals surface area contributed by atoms with Crippen LogP contribution in [0, 0.1) is 5.41 Å². The first kappa shape index (κ1) is 13.6. The van der Waals surface area contributed by atoms with E-state index in [0.717, 1.165) is 6.92 Å². The molecule has 86 valence electrons. The molecule has 0 aromatic rings. The molecule has 6 nitrogen and oxygen atoms in total. The number of hydrogen-bond acceptors (Lipinski definition) is 6. The lowest BCUT2D eigenvalue weighted by Gasteiger charge is -2.13. The molecule has 0 rings (SSSR count). The van der Waals surface area contributed by atoms with Crippen LogP contribution in [-0.2, 0) is 29.7 Å². The molecule has 0 amide bonds. The van der Waals surface area contributed by atoms with Gasteiger partial charge in [-0.15, -0.1) is 0 Å². The minimum Gasteiger partial charge on any atom is -0.247 e. The molecule has 15 heavy (non-hydrogen) atoms. The summed E-state index contributed by atoms with van der Waals surface area (Å²) in [6.45, 7) is 5.72. The van der Waals surface area contributed by atoms with Gasteiger partial charge in [-0.25, -0.2) is 19.4 Å². The van der Waals surface area contributed by atoms with Crippen LogP contribution >= 0.6 is 0 Å². The van der Waals surface area contributed by atoms with Crippen LogP contribution in [0.2, 0.25) is 0 Å². The molecule has 0 aromatic heterocycles. The van der Waals surface area contributed by atoms with E-state index in [9.17, 15) is 18.0 Å². The molecular weight excluding hydrogens is 224 g/mol. The van der Waals surface area contributed by atoms with Crippen molar-refractivity contribution in [2.75, 3.05) is 0 Å². The van der Waals surface area contributed by atoms with Crippen molar-refractivity contribution in [3.63, 3.8) is 0 Å². The zero-order valence-electron chi connectivity index (χ0n) is 8.86. The van der Waals surface area contributed by atoms with Crippen LogP contribution in [0.5, 0.6) is 0 Å². The number of rotatable bonds is 1. The van der Waals surface area contributed by atoms with Crippen molar-refractivity contribution >= 4 is 27.1 Å². The predicted molar refractivity (Wildman–Crippen MR) is 51.2 cm³/mol. The summed E-state index contributed by atoms with van der Waals surface area (Å²) in [4.78, 5) is 29.6. The molecule has 0 aliphatic carbocycles. The van der Waals surface area contributed by atoms with Crippen molar-refractivity contribution in [2.45, 2.75) is 27.7 Å². The lowest BCUT2D eigenvalue weighted by atomic mass is 9.98. The van der Waals surface area contributed by atoms with Gasteiger partial charge < -0.3 is 0 Å². The minimum absolute atomic E-state index is 0.559. The van der Waals surface area contributed by atoms with Crippen LogP contribution in [0.3, 0.4) is 0 Å². The second-order valence-corrected chi connectivity index (χ2v) is 4.86. The fourth-order valence-corrected chi connectivity index (χ4v) is 0.498. The third-order valence-corrected chi connectivity index (χ3v) is 2.01. The van der Waals surface area contributed by atoms with E-state index < -0.39 is 32.5 Å². The Morgan fingerprint density at radius 2 is 1.53 bits per heavy atom. The molecular formula is C8H12O6S. The Kier molecular flexibility index (Phi) is 4.47. The highest BCUT2D eigenvalue weighted by atomic mass is 32.2. The third kappa shape index (κ3) is 4.59. The van der Waals surface area contributed by atoms with E-state index in [1.165, 1.54) is 0 Å². The largest absolute Gasteiger partial charge is 0.397 e. The van der Waals surface area contributed by atoms with Crippen LogP contribution in [0.25, 0.3) is 0 Å². The summed E-state index contributed by atoms with van der Waals surface area (Å²) in [5, 5.41) is 0. The Morgan fingerprint density at radius 1 is 1.07 bits per heavy atom. The molecule has 0 aliphatic rings. The van der Waals surface area contributed by atoms with Gasteiger partial charge >= 0.3 is 11.9 Å². The van der Waals surface area contributed by atoms with Gasteiger partial charge in [0.15, 0.2) is 4.86 Å². The molecule has 0 spiro atoms. The summed E-state index contributed by atoms with van der Waals surface area (Å²) < 4.78 is 20.6. The molecule has 0 atom stereocenters. The van der Waals surface area contributed by atoms with Gasteiger partial charge in [-0.2, -0.15) is 8.42 Å². The second-order valence-electron chi connectivity index (χ2n) is 3.78. The van der Waals surface area contributed by atoms with E-state index in [2.05, 4.69) is 9.78 Å². The van der Waals surface area contributed by atoms with E-state index in [1.807, 2.05) is 0 Å². The topological polar surface area (TPSA) is 86.7 Å². The fraction of sp³-hybridized carbons (Fsp3) is 0.625. The minimum atomic E-state index is -2.68. The van der Waals surface area contributed by atoms with Gasteiger partial charge in [0.1, 0.15) is 0 Å². The number of carbonyl (C=O) groups is 2. The lowest BCUT2D eigenvalue weighted by Crippen LogP contribution is -2.26. The van der Waals surface area contributed by atoms with E-state index in [1.54, 1.807) is 20.8 Å². The Balaban J connectivity index is 4.39. The van der Waals surface area contributed by atoms with Crippen molar-refractivity contribution in [2.24, 2.45) is 5.41 Å². The third-order valence-electron chi connectivity index (χ3n) is 1.34. The molecule has 0 fully saturated rings. The average molecular weight is 236 g/mol. The summed E-state index contributed by atoms with van der Waals surface area (Å²) in [5.74, 6) is -1.97. The molecule has 7 heteroatoms. The maximum Gasteiger partial charge on any atom is 0.397 e. The highest BCUT2D eigenvalue weighted by molar-refractivity contribution is 7.74. The molecule has 0 N–H and O–H groups in total. The molecule has 0 radical (unpaired) electrons. The van der Waals surface area contributed by atoms with Crippen LogP contribution in [-0.4, -0.2) is 25.2 Å². The maximum atomic E-state index is 11.1. The summed E-state index contributed by atoms with van der Waals surface area (Å²) in [7, 11) is -2.68. The summed E-state index contributed by atoms with van der Waals surface area (Å²) in [5.41, 5.74) is -0.829. The number of carbonyl (C=O) groups excluding carboxylic acids is 2. The van der Waals surface area contributed by atoms with E-state index in [0.29, 0.717) is 0 Å². The maximum absolute atomic E-state index is 11.1. The van der Waals surface area contributed by atoms with Gasteiger partial charge in [0.25, 0.3) is 0 Å². The van der Waals surface area contributed by atoms with Gasteiger partial charge in [0.2, 0.25) is 10.3 Å². The van der Waals surface area contributed by atoms with Gasteiger partial charge in [0, 0.05) is 0 Å². The predicted octanol–water partition coefficient (Wildman–Crippen LogP) is 0.105. The average Bonchev–Trinajstić information content (AvgIpc) is 2.10. The first-order valence-corrected chi connectivity index (χ1v) is 5.10. The SMILES string of the molecule is CC(C(=O)OOC(=O)C(C)(C)C)=S(=O)=O. The summed E-state index contributed by atoms with van der Waals surface area (Å²) in [6.07, 6.45) is 0. The quantitative estimate of drug-likeness (QED) is 0.364. The molecule has 0 saturated carbocycles. The first-order chi connectivity index (χ1) is 6.66. The van der Waals surface area contributed by atoms with Crippen LogP contribution < -0.4 is 0 Å². The molecule has 0 aliphatic heterocycles. The highest BCUT2D eigenvalue weighted by Gasteiger charge is 2.26. The van der Waals surface area contributed by atoms with Crippen molar-refractivity contribution in [1.82, 2.24) is 0 Å². The van der Waals surface area contributed by atoms with Crippen LogP contribution in [0.1, 0.15) is 27.7 Å². The Labute approximate surface area is 88.6 Å². The zero-order chi connectivity index (χ0) is 12.2. The van der Waals surface area contributed by atoms with E-state index in [4.69, 9.17) is 0 Å². The van der Waals surface area contributed by atoms with Crippen molar-refractivity contribution < 1.29 is 27.8 Å². The molecule has 0 heterocycles. The van der Waals surface area contributed by atoms with Crippen molar-refractivity contribution in [3.8, 4) is 0 Å². The van der Waals surface area contributed by atoms with Gasteiger partial charge in [-0.1, -0.05) is 0 Å². The van der Waals surface area contributed by atoms with Gasteiger partial charge in [-0.05, 0) is 27.7 Å². The Morgan fingerprint density at radius 3 is 1.87 bits per heavy atom. The van der Waals surface area contributed by atoms with Crippen molar-refractivity contribution in [3.05, 3.63) is 0 Å². The van der Waals surface area contributed by atoms with Crippen LogP contribution in [0.15, 0.2) is 0 Å². The monoisotopic (exact) mass is 236 g/mol.